The Labute approximate surface area is 524 Å². The zero-order chi connectivity index (χ0) is 62.1. The van der Waals surface area contributed by atoms with Crippen molar-refractivity contribution < 1.29 is 37.3 Å². The Morgan fingerprint density at radius 3 is 1.18 bits per heavy atom. The Hall–Kier alpha value is -3.59. The SMILES string of the molecule is CC/C=C\C/C=C\C/C=C\C/C=C\C/C=C\C/C=C\CCC(=O)OC(/C=C\CCCCCCCCCCCCC)C(COP(=O)(O)OCC[N+](C)(C)C)NC(=O)CCCCCCCCCCCCCCCC/C=C\C/C=C\C/C=C\CCCCC. The van der Waals surface area contributed by atoms with E-state index in [4.69, 9.17) is 13.8 Å². The van der Waals surface area contributed by atoms with Gasteiger partial charge in [0.15, 0.2) is 0 Å². The normalized spacial score (nSPS) is 14.3. The van der Waals surface area contributed by atoms with Gasteiger partial charge in [0.2, 0.25) is 5.91 Å². The second kappa shape index (κ2) is 63.4. The summed E-state index contributed by atoms with van der Waals surface area (Å²) in [6, 6.07) is -0.888. The van der Waals surface area contributed by atoms with Gasteiger partial charge < -0.3 is 19.4 Å². The molecule has 0 aromatic heterocycles. The summed E-state index contributed by atoms with van der Waals surface area (Å²) in [6.45, 7) is 6.83. The Balaban J connectivity index is 5.18. The number of carbonyl (C=O) groups is 2. The standard InChI is InChI=1S/C75H131N2O7P/c1-7-10-13-16-19-22-25-28-30-32-34-35-36-37-38-39-40-41-43-44-46-49-52-55-58-61-64-67-74(78)76-72(71-83-85(80,81)82-70-69-77(4,5)6)73(66-63-60-57-54-51-48-27-24-21-18-15-12-9-3)84-75(79)68-65-62-59-56-53-50-47-45-42-33-31-29-26-23-20-17-14-11-8-2/h11,14,19-20,22-23,28-31,34-35,42,45,50,53,59,62-63,66,72-73H,7-10,12-13,15-18,21,24-27,32-33,36-41,43-44,46-49,51-52,54-58,60-61,64-65,67-71H2,1-6H3,(H-,76,78,80,81)/p+1/b14-11-,22-19-,23-20-,30-28-,31-29-,35-34-,45-42-,53-50-,62-59-,66-63-. The first-order valence-electron chi connectivity index (χ1n) is 34.9. The number of phosphoric acid groups is 1. The maximum Gasteiger partial charge on any atom is 0.472 e. The van der Waals surface area contributed by atoms with Gasteiger partial charge in [-0.25, -0.2) is 4.57 Å². The molecule has 488 valence electrons. The molecule has 0 bridgehead atoms. The van der Waals surface area contributed by atoms with Crippen LogP contribution in [0.1, 0.15) is 290 Å². The summed E-state index contributed by atoms with van der Waals surface area (Å²) < 4.78 is 30.7. The van der Waals surface area contributed by atoms with Crippen molar-refractivity contribution in [3.63, 3.8) is 0 Å². The molecular formula is C75H132N2O7P+. The van der Waals surface area contributed by atoms with E-state index in [1.54, 1.807) is 0 Å². The number of nitrogens with one attached hydrogen (secondary N) is 1. The van der Waals surface area contributed by atoms with Crippen LogP contribution < -0.4 is 5.32 Å². The van der Waals surface area contributed by atoms with Gasteiger partial charge in [0.1, 0.15) is 19.3 Å². The minimum Gasteiger partial charge on any atom is -0.456 e. The van der Waals surface area contributed by atoms with E-state index in [-0.39, 0.29) is 25.5 Å². The predicted octanol–water partition coefficient (Wildman–Crippen LogP) is 22.2. The van der Waals surface area contributed by atoms with E-state index in [0.717, 1.165) is 89.9 Å². The number of esters is 1. The minimum atomic E-state index is -4.48. The summed E-state index contributed by atoms with van der Waals surface area (Å²) in [5.74, 6) is -0.604. The summed E-state index contributed by atoms with van der Waals surface area (Å²) in [7, 11) is 1.45. The quantitative estimate of drug-likeness (QED) is 0.0205. The number of phosphoric ester groups is 1. The Bertz CT molecular complexity index is 1870. The van der Waals surface area contributed by atoms with Crippen LogP contribution in [0.5, 0.6) is 0 Å². The number of rotatable bonds is 62. The van der Waals surface area contributed by atoms with E-state index in [0.29, 0.717) is 23.9 Å². The number of allylic oxidation sites excluding steroid dienone is 19. The largest absolute Gasteiger partial charge is 0.472 e. The summed E-state index contributed by atoms with van der Waals surface area (Å²) >= 11 is 0. The van der Waals surface area contributed by atoms with Crippen LogP contribution in [0, 0.1) is 0 Å². The topological polar surface area (TPSA) is 111 Å². The van der Waals surface area contributed by atoms with Gasteiger partial charge in [-0.3, -0.25) is 18.6 Å². The van der Waals surface area contributed by atoms with Crippen LogP contribution in [0.2, 0.25) is 0 Å². The van der Waals surface area contributed by atoms with Gasteiger partial charge in [0.25, 0.3) is 0 Å². The molecule has 0 aromatic rings. The van der Waals surface area contributed by atoms with Crippen molar-refractivity contribution in [2.24, 2.45) is 0 Å². The maximum absolute atomic E-state index is 13.6. The zero-order valence-electron chi connectivity index (χ0n) is 55.8. The molecule has 0 aliphatic carbocycles. The first kappa shape index (κ1) is 81.4. The van der Waals surface area contributed by atoms with Crippen LogP contribution in [-0.4, -0.2) is 74.3 Å². The van der Waals surface area contributed by atoms with Crippen LogP contribution in [-0.2, 0) is 27.9 Å². The fourth-order valence-electron chi connectivity index (χ4n) is 9.56. The number of nitrogens with zero attached hydrogens (tertiary/aromatic N) is 1. The van der Waals surface area contributed by atoms with Crippen LogP contribution in [0.15, 0.2) is 122 Å². The van der Waals surface area contributed by atoms with Gasteiger partial charge in [-0.2, -0.15) is 0 Å². The van der Waals surface area contributed by atoms with Crippen LogP contribution in [0.4, 0.5) is 0 Å². The molecule has 3 atom stereocenters. The van der Waals surface area contributed by atoms with Crippen molar-refractivity contribution in [2.75, 3.05) is 40.9 Å². The number of likely N-dealkylation sites (N-methyl/N-ethyl adjacent to an activating group) is 1. The molecule has 0 aliphatic heterocycles. The van der Waals surface area contributed by atoms with Gasteiger partial charge >= 0.3 is 13.8 Å². The highest BCUT2D eigenvalue weighted by Gasteiger charge is 2.30. The van der Waals surface area contributed by atoms with Crippen molar-refractivity contribution in [1.29, 1.82) is 0 Å². The lowest BCUT2D eigenvalue weighted by Gasteiger charge is -2.27. The molecule has 1 amide bonds. The third-order valence-electron chi connectivity index (χ3n) is 14.9. The maximum atomic E-state index is 13.6. The molecule has 85 heavy (non-hydrogen) atoms. The molecule has 3 unspecified atom stereocenters. The summed E-state index contributed by atoms with van der Waals surface area (Å²) in [5.41, 5.74) is 0. The third-order valence-corrected chi connectivity index (χ3v) is 15.9. The van der Waals surface area contributed by atoms with Crippen molar-refractivity contribution in [2.45, 2.75) is 303 Å². The van der Waals surface area contributed by atoms with Gasteiger partial charge in [-0.05, 0) is 109 Å². The lowest BCUT2D eigenvalue weighted by Crippen LogP contribution is -2.47. The summed E-state index contributed by atoms with van der Waals surface area (Å²) in [6.07, 6.45) is 89.4. The lowest BCUT2D eigenvalue weighted by molar-refractivity contribution is -0.870. The van der Waals surface area contributed by atoms with Crippen LogP contribution in [0.25, 0.3) is 0 Å². The molecule has 2 N–H and O–H groups in total. The number of quaternary nitrogens is 1. The fraction of sp³-hybridized carbons (Fsp3) is 0.707. The average Bonchev–Trinajstić information content (AvgIpc) is 3.50. The van der Waals surface area contributed by atoms with Crippen molar-refractivity contribution in [1.82, 2.24) is 5.32 Å². The number of hydrogen-bond donors (Lipinski definition) is 2. The third kappa shape index (κ3) is 64.7. The summed E-state index contributed by atoms with van der Waals surface area (Å²) in [4.78, 5) is 37.8. The van der Waals surface area contributed by atoms with E-state index >= 15 is 0 Å². The van der Waals surface area contributed by atoms with Crippen LogP contribution in [0.3, 0.4) is 0 Å². The molecule has 0 spiro atoms. The van der Waals surface area contributed by atoms with Crippen molar-refractivity contribution in [3.05, 3.63) is 122 Å². The number of ether oxygens (including phenoxy) is 1. The van der Waals surface area contributed by atoms with E-state index in [1.807, 2.05) is 39.4 Å². The van der Waals surface area contributed by atoms with Crippen LogP contribution >= 0.6 is 7.82 Å². The zero-order valence-corrected chi connectivity index (χ0v) is 56.7. The predicted molar refractivity (Wildman–Crippen MR) is 369 cm³/mol. The van der Waals surface area contributed by atoms with Gasteiger partial charge in [0.05, 0.1) is 33.8 Å². The first-order chi connectivity index (χ1) is 41.4. The number of unbranched alkanes of at least 4 members (excludes halogenated alkanes) is 28. The highest BCUT2D eigenvalue weighted by Crippen LogP contribution is 2.43. The number of carbonyl (C=O) groups excluding carboxylic acids is 2. The van der Waals surface area contributed by atoms with E-state index in [1.165, 1.54) is 161 Å². The van der Waals surface area contributed by atoms with Crippen molar-refractivity contribution >= 4 is 19.7 Å². The fourth-order valence-corrected chi connectivity index (χ4v) is 10.3. The monoisotopic (exact) mass is 1200 g/mol. The second-order valence-electron chi connectivity index (χ2n) is 24.3. The lowest BCUT2D eigenvalue weighted by atomic mass is 10.0. The molecular weight excluding hydrogens is 1070 g/mol. The van der Waals surface area contributed by atoms with E-state index in [2.05, 4.69) is 129 Å². The molecule has 0 aliphatic rings. The van der Waals surface area contributed by atoms with Crippen molar-refractivity contribution in [3.8, 4) is 0 Å². The molecule has 0 heterocycles. The Morgan fingerprint density at radius 1 is 0.424 bits per heavy atom. The number of amides is 1. The molecule has 0 radical (unpaired) electrons. The molecule has 0 rings (SSSR count). The minimum absolute atomic E-state index is 0.0238. The Morgan fingerprint density at radius 2 is 0.765 bits per heavy atom. The van der Waals surface area contributed by atoms with Gasteiger partial charge in [0, 0.05) is 12.8 Å². The smallest absolute Gasteiger partial charge is 0.456 e. The average molecular weight is 1200 g/mol. The van der Waals surface area contributed by atoms with E-state index in [9.17, 15) is 19.0 Å². The molecule has 0 aromatic carbocycles. The van der Waals surface area contributed by atoms with Gasteiger partial charge in [-0.15, -0.1) is 0 Å². The number of hydrogen-bond acceptors (Lipinski definition) is 6. The molecule has 9 nitrogen and oxygen atoms in total. The van der Waals surface area contributed by atoms with E-state index < -0.39 is 25.9 Å². The Kier molecular flexibility index (Phi) is 60.8. The molecule has 0 fully saturated rings. The molecule has 10 heteroatoms. The molecule has 0 saturated heterocycles. The summed E-state index contributed by atoms with van der Waals surface area (Å²) in [5, 5.41) is 3.05. The highest BCUT2D eigenvalue weighted by molar-refractivity contribution is 7.47. The first-order valence-corrected chi connectivity index (χ1v) is 36.4. The molecule has 0 saturated carbocycles. The highest BCUT2D eigenvalue weighted by atomic mass is 31.2. The van der Waals surface area contributed by atoms with Gasteiger partial charge in [-0.1, -0.05) is 290 Å². The second-order valence-corrected chi connectivity index (χ2v) is 25.8.